The van der Waals surface area contributed by atoms with Gasteiger partial charge in [-0.2, -0.15) is 0 Å². The van der Waals surface area contributed by atoms with Crippen LogP contribution in [0.15, 0.2) is 24.4 Å². The molecule has 0 aliphatic rings. The molecule has 14 nitrogen and oxygen atoms in total. The van der Waals surface area contributed by atoms with Gasteiger partial charge in [0.25, 0.3) is 5.24 Å². The number of aromatic amines is 1. The van der Waals surface area contributed by atoms with Crippen molar-refractivity contribution in [2.45, 2.75) is 45.8 Å². The van der Waals surface area contributed by atoms with Crippen molar-refractivity contribution in [1.82, 2.24) is 26.3 Å². The van der Waals surface area contributed by atoms with E-state index in [4.69, 9.17) is 4.74 Å². The minimum Gasteiger partial charge on any atom is -0.508 e. The minimum atomic E-state index is -1.57. The Hall–Kier alpha value is -3.82. The first-order valence-corrected chi connectivity index (χ1v) is 14.3. The number of ether oxygens (including phenoxy) is 1. The van der Waals surface area contributed by atoms with Gasteiger partial charge >= 0.3 is 5.97 Å². The highest BCUT2D eigenvalue weighted by atomic mass is 32.2. The van der Waals surface area contributed by atoms with E-state index in [-0.39, 0.29) is 43.0 Å². The lowest BCUT2D eigenvalue weighted by Gasteiger charge is -2.29. The summed E-state index contributed by atoms with van der Waals surface area (Å²) in [5.74, 6) is -2.04. The SMILES string of the molecule is CC(=O)N[C@@H](CO)C(=O)OCC(C)(C)[C@@H](O)C(=O)NCCC(=O)NCCSC(=O)NCCc1c[nH]c2ccc(O)cc12. The predicted octanol–water partition coefficient (Wildman–Crippen LogP) is -0.0914. The number of fused-ring (bicyclic) bond motifs is 1. The Kier molecular flexibility index (Phi) is 13.6. The number of rotatable bonds is 16. The molecule has 232 valence electrons. The largest absolute Gasteiger partial charge is 0.508 e. The van der Waals surface area contributed by atoms with E-state index in [1.165, 1.54) is 20.8 Å². The molecule has 0 unspecified atom stereocenters. The molecule has 1 aromatic carbocycles. The summed E-state index contributed by atoms with van der Waals surface area (Å²) < 4.78 is 5.05. The zero-order valence-electron chi connectivity index (χ0n) is 23.8. The molecule has 0 aliphatic heterocycles. The first kappa shape index (κ1) is 34.4. The van der Waals surface area contributed by atoms with E-state index in [1.807, 2.05) is 6.20 Å². The second-order valence-electron chi connectivity index (χ2n) is 10.2. The van der Waals surface area contributed by atoms with E-state index in [2.05, 4.69) is 26.3 Å². The van der Waals surface area contributed by atoms with Gasteiger partial charge < -0.3 is 46.3 Å². The average Bonchev–Trinajstić information content (AvgIpc) is 3.33. The number of aromatic hydroxyl groups is 1. The highest BCUT2D eigenvalue weighted by Gasteiger charge is 2.35. The normalized spacial score (nSPS) is 12.7. The van der Waals surface area contributed by atoms with Crippen LogP contribution in [0.25, 0.3) is 10.9 Å². The Morgan fingerprint density at radius 1 is 1.07 bits per heavy atom. The fraction of sp³-hybridized carbons (Fsp3) is 0.519. The standard InChI is InChI=1S/C27H39N5O9S/c1-16(34)32-21(14-33)25(39)41-15-27(2,3)23(37)24(38)29-9-7-22(36)28-10-11-42-26(40)30-8-6-17-13-31-20-5-4-18(35)12-19(17)20/h4-5,12-13,21,23,31,33,35,37H,6-11,14-15H2,1-3H3,(H,28,36)(H,29,38)(H,30,40)(H,32,34)/t21-,23-/m0/s1. The number of phenols is 1. The van der Waals surface area contributed by atoms with E-state index < -0.39 is 42.0 Å². The molecule has 0 saturated heterocycles. The van der Waals surface area contributed by atoms with Crippen molar-refractivity contribution >= 4 is 51.6 Å². The third-order valence-corrected chi connectivity index (χ3v) is 6.96. The molecule has 0 bridgehead atoms. The first-order valence-electron chi connectivity index (χ1n) is 13.3. The van der Waals surface area contributed by atoms with Gasteiger partial charge in [0, 0.05) is 61.2 Å². The number of nitrogens with one attached hydrogen (secondary N) is 5. The summed E-state index contributed by atoms with van der Waals surface area (Å²) >= 11 is 1.02. The van der Waals surface area contributed by atoms with Crippen LogP contribution in [0, 0.1) is 5.41 Å². The van der Waals surface area contributed by atoms with Crippen LogP contribution in [0.3, 0.4) is 0 Å². The summed E-state index contributed by atoms with van der Waals surface area (Å²) in [5.41, 5.74) is 0.671. The van der Waals surface area contributed by atoms with E-state index in [0.29, 0.717) is 18.7 Å². The molecule has 1 aromatic heterocycles. The Balaban J connectivity index is 1.59. The number of esters is 1. The lowest BCUT2D eigenvalue weighted by atomic mass is 9.87. The maximum Gasteiger partial charge on any atom is 0.331 e. The summed E-state index contributed by atoms with van der Waals surface area (Å²) in [5, 5.41) is 40.1. The number of carbonyl (C=O) groups excluding carboxylic acids is 5. The molecular formula is C27H39N5O9S. The van der Waals surface area contributed by atoms with Gasteiger partial charge in [0.2, 0.25) is 17.7 Å². The number of phenolic OH excluding ortho intramolecular Hbond substituents is 1. The maximum atomic E-state index is 12.3. The second kappa shape index (κ2) is 16.6. The van der Waals surface area contributed by atoms with Gasteiger partial charge in [-0.05, 0) is 30.2 Å². The number of benzene rings is 1. The summed E-state index contributed by atoms with van der Waals surface area (Å²) in [7, 11) is 0. The Morgan fingerprint density at radius 2 is 1.81 bits per heavy atom. The molecule has 0 spiro atoms. The first-order chi connectivity index (χ1) is 19.8. The molecule has 0 saturated carbocycles. The van der Waals surface area contributed by atoms with Crippen molar-refractivity contribution < 1.29 is 44.0 Å². The predicted molar refractivity (Wildman–Crippen MR) is 156 cm³/mol. The summed E-state index contributed by atoms with van der Waals surface area (Å²) in [6.45, 7) is 3.72. The molecule has 0 fully saturated rings. The number of aromatic nitrogens is 1. The van der Waals surface area contributed by atoms with Gasteiger partial charge in [-0.15, -0.1) is 0 Å². The number of hydrogen-bond acceptors (Lipinski definition) is 10. The van der Waals surface area contributed by atoms with E-state index in [9.17, 15) is 39.3 Å². The van der Waals surface area contributed by atoms with Crippen LogP contribution >= 0.6 is 11.8 Å². The summed E-state index contributed by atoms with van der Waals surface area (Å²) in [6, 6.07) is 3.79. The fourth-order valence-corrected chi connectivity index (χ4v) is 4.35. The van der Waals surface area contributed by atoms with Gasteiger partial charge in [-0.3, -0.25) is 19.2 Å². The topological polar surface area (TPSA) is 219 Å². The monoisotopic (exact) mass is 609 g/mol. The van der Waals surface area contributed by atoms with Gasteiger partial charge in [0.05, 0.1) is 13.2 Å². The maximum absolute atomic E-state index is 12.3. The van der Waals surface area contributed by atoms with Crippen molar-refractivity contribution in [2.75, 3.05) is 38.6 Å². The fourth-order valence-electron chi connectivity index (χ4n) is 3.76. The Labute approximate surface area is 247 Å². The molecule has 2 aromatic rings. The molecule has 1 heterocycles. The lowest BCUT2D eigenvalue weighted by molar-refractivity contribution is -0.157. The average molecular weight is 610 g/mol. The molecular weight excluding hydrogens is 570 g/mol. The third-order valence-electron chi connectivity index (χ3n) is 6.14. The minimum absolute atomic E-state index is 0.0497. The highest BCUT2D eigenvalue weighted by Crippen LogP contribution is 2.23. The van der Waals surface area contributed by atoms with Crippen LogP contribution in [-0.4, -0.2) is 100.0 Å². The smallest absolute Gasteiger partial charge is 0.331 e. The number of thioether (sulfide) groups is 1. The van der Waals surface area contributed by atoms with Crippen LogP contribution in [0.4, 0.5) is 4.79 Å². The van der Waals surface area contributed by atoms with Crippen LogP contribution in [0.2, 0.25) is 0 Å². The molecule has 15 heteroatoms. The highest BCUT2D eigenvalue weighted by molar-refractivity contribution is 8.13. The van der Waals surface area contributed by atoms with Gasteiger partial charge in [0.1, 0.15) is 11.9 Å². The van der Waals surface area contributed by atoms with E-state index >= 15 is 0 Å². The van der Waals surface area contributed by atoms with Gasteiger partial charge in [-0.1, -0.05) is 25.6 Å². The number of carbonyl (C=O) groups is 5. The molecule has 4 amide bonds. The van der Waals surface area contributed by atoms with Crippen molar-refractivity contribution in [3.8, 4) is 5.75 Å². The molecule has 2 atom stereocenters. The zero-order valence-corrected chi connectivity index (χ0v) is 24.6. The summed E-state index contributed by atoms with van der Waals surface area (Å²) in [6.07, 6.45) is 0.795. The van der Waals surface area contributed by atoms with Gasteiger partial charge in [-0.25, -0.2) is 4.79 Å². The van der Waals surface area contributed by atoms with E-state index in [1.54, 1.807) is 18.2 Å². The van der Waals surface area contributed by atoms with Crippen LogP contribution in [0.1, 0.15) is 32.8 Å². The van der Waals surface area contributed by atoms with Crippen molar-refractivity contribution in [1.29, 1.82) is 0 Å². The number of aliphatic hydroxyl groups excluding tert-OH is 2. The molecule has 42 heavy (non-hydrogen) atoms. The molecule has 2 rings (SSSR count). The van der Waals surface area contributed by atoms with E-state index in [0.717, 1.165) is 28.2 Å². The van der Waals surface area contributed by atoms with Crippen molar-refractivity contribution in [3.63, 3.8) is 0 Å². The Morgan fingerprint density at radius 3 is 2.50 bits per heavy atom. The third kappa shape index (κ3) is 11.2. The van der Waals surface area contributed by atoms with Crippen LogP contribution in [-0.2, 0) is 30.3 Å². The quantitative estimate of drug-likeness (QED) is 0.0934. The van der Waals surface area contributed by atoms with Crippen LogP contribution < -0.4 is 21.3 Å². The second-order valence-corrected chi connectivity index (χ2v) is 11.2. The number of amides is 4. The molecule has 0 radical (unpaired) electrons. The van der Waals surface area contributed by atoms with Crippen molar-refractivity contribution in [3.05, 3.63) is 30.0 Å². The number of aliphatic hydroxyl groups is 2. The Bertz CT molecular complexity index is 1250. The lowest BCUT2D eigenvalue weighted by Crippen LogP contribution is -2.48. The zero-order chi connectivity index (χ0) is 31.3. The van der Waals surface area contributed by atoms with Crippen molar-refractivity contribution in [2.24, 2.45) is 5.41 Å². The molecule has 8 N–H and O–H groups in total. The number of H-pyrrole nitrogens is 1. The molecule has 0 aliphatic carbocycles. The number of hydrogen-bond donors (Lipinski definition) is 8. The summed E-state index contributed by atoms with van der Waals surface area (Å²) in [4.78, 5) is 62.7. The van der Waals surface area contributed by atoms with Crippen LogP contribution in [0.5, 0.6) is 5.75 Å². The van der Waals surface area contributed by atoms with Gasteiger partial charge in [0.15, 0.2) is 6.04 Å².